The summed E-state index contributed by atoms with van der Waals surface area (Å²) in [5, 5.41) is 0. The molecule has 1 aliphatic heterocycles. The summed E-state index contributed by atoms with van der Waals surface area (Å²) in [6, 6.07) is 0. The number of nitrogens with zero attached hydrogens (tertiary/aromatic N) is 1. The van der Waals surface area contributed by atoms with Crippen molar-refractivity contribution in [3.05, 3.63) is 24.4 Å². The number of hydrogen-bond donors (Lipinski definition) is 0. The molecule has 0 spiro atoms. The van der Waals surface area contributed by atoms with Gasteiger partial charge >= 0.3 is 0 Å². The summed E-state index contributed by atoms with van der Waals surface area (Å²) in [4.78, 5) is 4.33. The average Bonchev–Trinajstić information content (AvgIpc) is 1.86. The molecule has 0 unspecified atom stereocenters. The predicted octanol–water partition coefficient (Wildman–Crippen LogP) is 2.95. The standard InChI is InChI=1S/C10H15N/c1-8-5-6-11-9(7-8)10(2,3)4/h5-6H,1,7H2,2-4H3. The van der Waals surface area contributed by atoms with E-state index in [4.69, 9.17) is 0 Å². The van der Waals surface area contributed by atoms with Crippen molar-refractivity contribution in [2.75, 3.05) is 0 Å². The molecule has 0 fully saturated rings. The Hall–Kier alpha value is -0.850. The first-order valence-corrected chi connectivity index (χ1v) is 3.91. The largest absolute Gasteiger partial charge is 0.265 e. The fourth-order valence-electron chi connectivity index (χ4n) is 1.01. The Balaban J connectivity index is 2.83. The molecule has 0 aromatic heterocycles. The summed E-state index contributed by atoms with van der Waals surface area (Å²) in [7, 11) is 0. The summed E-state index contributed by atoms with van der Waals surface area (Å²) in [6.07, 6.45) is 4.74. The Morgan fingerprint density at radius 1 is 1.45 bits per heavy atom. The molecule has 1 heterocycles. The van der Waals surface area contributed by atoms with Crippen molar-refractivity contribution in [3.8, 4) is 0 Å². The lowest BCUT2D eigenvalue weighted by Gasteiger charge is -2.22. The zero-order valence-electron chi connectivity index (χ0n) is 7.52. The molecule has 11 heavy (non-hydrogen) atoms. The lowest BCUT2D eigenvalue weighted by atomic mass is 9.85. The van der Waals surface area contributed by atoms with E-state index in [0.717, 1.165) is 12.0 Å². The topological polar surface area (TPSA) is 12.4 Å². The molecule has 0 amide bonds. The van der Waals surface area contributed by atoms with Gasteiger partial charge < -0.3 is 0 Å². The highest BCUT2D eigenvalue weighted by Crippen LogP contribution is 2.23. The summed E-state index contributed by atoms with van der Waals surface area (Å²) in [6.45, 7) is 10.4. The van der Waals surface area contributed by atoms with Crippen molar-refractivity contribution in [3.63, 3.8) is 0 Å². The van der Waals surface area contributed by atoms with Crippen LogP contribution in [0.1, 0.15) is 27.2 Å². The molecule has 0 aromatic carbocycles. The predicted molar refractivity (Wildman–Crippen MR) is 49.8 cm³/mol. The van der Waals surface area contributed by atoms with E-state index in [1.165, 1.54) is 5.71 Å². The number of allylic oxidation sites excluding steroid dienone is 2. The second-order valence-corrected chi connectivity index (χ2v) is 3.98. The maximum atomic E-state index is 4.33. The Kier molecular flexibility index (Phi) is 1.99. The van der Waals surface area contributed by atoms with Crippen molar-refractivity contribution in [1.29, 1.82) is 0 Å². The van der Waals surface area contributed by atoms with E-state index in [0.29, 0.717) is 0 Å². The number of rotatable bonds is 0. The van der Waals surface area contributed by atoms with Crippen LogP contribution in [0.15, 0.2) is 29.4 Å². The molecule has 1 aliphatic rings. The van der Waals surface area contributed by atoms with E-state index in [1.54, 1.807) is 0 Å². The third-order valence-corrected chi connectivity index (χ3v) is 1.80. The van der Waals surface area contributed by atoms with Crippen LogP contribution in [0, 0.1) is 5.41 Å². The van der Waals surface area contributed by atoms with Gasteiger partial charge in [0.2, 0.25) is 0 Å². The van der Waals surface area contributed by atoms with E-state index in [9.17, 15) is 0 Å². The van der Waals surface area contributed by atoms with Crippen molar-refractivity contribution < 1.29 is 0 Å². The van der Waals surface area contributed by atoms with Crippen LogP contribution in [0.3, 0.4) is 0 Å². The third-order valence-electron chi connectivity index (χ3n) is 1.80. The quantitative estimate of drug-likeness (QED) is 0.502. The molecule has 0 aromatic rings. The van der Waals surface area contributed by atoms with E-state index in [2.05, 4.69) is 32.3 Å². The summed E-state index contributed by atoms with van der Waals surface area (Å²) < 4.78 is 0. The van der Waals surface area contributed by atoms with E-state index < -0.39 is 0 Å². The number of aliphatic imine (C=N–C) groups is 1. The van der Waals surface area contributed by atoms with Gasteiger partial charge in [-0.05, 0) is 11.6 Å². The molecular weight excluding hydrogens is 134 g/mol. The molecular formula is C10H15N. The highest BCUT2D eigenvalue weighted by atomic mass is 14.7. The van der Waals surface area contributed by atoms with Crippen LogP contribution in [-0.4, -0.2) is 5.71 Å². The van der Waals surface area contributed by atoms with Crippen LogP contribution in [-0.2, 0) is 0 Å². The lowest BCUT2D eigenvalue weighted by molar-refractivity contribution is 0.581. The van der Waals surface area contributed by atoms with Crippen molar-refractivity contribution in [1.82, 2.24) is 0 Å². The first kappa shape index (κ1) is 8.25. The SMILES string of the molecule is C=C1C=CN=C(C(C)(C)C)C1. The lowest BCUT2D eigenvalue weighted by Crippen LogP contribution is -2.21. The molecule has 0 aliphatic carbocycles. The van der Waals surface area contributed by atoms with Gasteiger partial charge in [-0.25, -0.2) is 0 Å². The summed E-state index contributed by atoms with van der Waals surface area (Å²) >= 11 is 0. The Morgan fingerprint density at radius 3 is 2.45 bits per heavy atom. The molecule has 1 rings (SSSR count). The van der Waals surface area contributed by atoms with Crippen LogP contribution < -0.4 is 0 Å². The second kappa shape index (κ2) is 2.65. The molecule has 0 saturated carbocycles. The van der Waals surface area contributed by atoms with Gasteiger partial charge in [-0.3, -0.25) is 4.99 Å². The molecule has 1 heteroatoms. The average molecular weight is 149 g/mol. The van der Waals surface area contributed by atoms with Gasteiger partial charge in [0.1, 0.15) is 0 Å². The Morgan fingerprint density at radius 2 is 2.09 bits per heavy atom. The molecule has 0 radical (unpaired) electrons. The second-order valence-electron chi connectivity index (χ2n) is 3.98. The van der Waals surface area contributed by atoms with Gasteiger partial charge in [-0.1, -0.05) is 27.4 Å². The molecule has 0 saturated heterocycles. The van der Waals surface area contributed by atoms with Gasteiger partial charge in [0, 0.05) is 23.7 Å². The summed E-state index contributed by atoms with van der Waals surface area (Å²) in [5.41, 5.74) is 2.57. The maximum absolute atomic E-state index is 4.33. The minimum Gasteiger partial charge on any atom is -0.265 e. The van der Waals surface area contributed by atoms with Gasteiger partial charge in [-0.2, -0.15) is 0 Å². The van der Waals surface area contributed by atoms with Gasteiger partial charge in [0.15, 0.2) is 0 Å². The fraction of sp³-hybridized carbons (Fsp3) is 0.500. The zero-order valence-corrected chi connectivity index (χ0v) is 7.52. The minimum atomic E-state index is 0.188. The van der Waals surface area contributed by atoms with E-state index in [-0.39, 0.29) is 5.41 Å². The molecule has 0 atom stereocenters. The first-order chi connectivity index (χ1) is 5.00. The van der Waals surface area contributed by atoms with Crippen LogP contribution in [0.4, 0.5) is 0 Å². The zero-order chi connectivity index (χ0) is 8.48. The van der Waals surface area contributed by atoms with Crippen LogP contribution >= 0.6 is 0 Å². The normalized spacial score (nSPS) is 18.5. The first-order valence-electron chi connectivity index (χ1n) is 3.91. The van der Waals surface area contributed by atoms with Crippen molar-refractivity contribution in [2.45, 2.75) is 27.2 Å². The van der Waals surface area contributed by atoms with Gasteiger partial charge in [0.25, 0.3) is 0 Å². The highest BCUT2D eigenvalue weighted by molar-refractivity contribution is 5.92. The molecule has 1 nitrogen and oxygen atoms in total. The number of hydrogen-bond acceptors (Lipinski definition) is 1. The molecule has 60 valence electrons. The van der Waals surface area contributed by atoms with Gasteiger partial charge in [0.05, 0.1) is 0 Å². The third kappa shape index (κ3) is 2.04. The van der Waals surface area contributed by atoms with Crippen LogP contribution in [0.2, 0.25) is 0 Å². The summed E-state index contributed by atoms with van der Waals surface area (Å²) in [5.74, 6) is 0. The molecule has 0 bridgehead atoms. The maximum Gasteiger partial charge on any atom is 0.0276 e. The fourth-order valence-corrected chi connectivity index (χ4v) is 1.01. The van der Waals surface area contributed by atoms with Crippen LogP contribution in [0.5, 0.6) is 0 Å². The minimum absolute atomic E-state index is 0.188. The monoisotopic (exact) mass is 149 g/mol. The smallest absolute Gasteiger partial charge is 0.0276 e. The van der Waals surface area contributed by atoms with E-state index in [1.807, 2.05) is 12.3 Å². The van der Waals surface area contributed by atoms with Gasteiger partial charge in [-0.15, -0.1) is 0 Å². The molecule has 0 N–H and O–H groups in total. The van der Waals surface area contributed by atoms with Crippen molar-refractivity contribution in [2.24, 2.45) is 10.4 Å². The highest BCUT2D eigenvalue weighted by Gasteiger charge is 2.19. The van der Waals surface area contributed by atoms with E-state index >= 15 is 0 Å². The van der Waals surface area contributed by atoms with Crippen molar-refractivity contribution >= 4 is 5.71 Å². The van der Waals surface area contributed by atoms with Crippen LogP contribution in [0.25, 0.3) is 0 Å². The Labute approximate surface area is 68.5 Å². The Bertz CT molecular complexity index is 226.